The Hall–Kier alpha value is -3.83. The molecule has 2 aromatic carbocycles. The van der Waals surface area contributed by atoms with Crippen LogP contribution in [0.1, 0.15) is 22.4 Å². The van der Waals surface area contributed by atoms with Gasteiger partial charge in [-0.3, -0.25) is 14.3 Å². The van der Waals surface area contributed by atoms with Crippen LogP contribution in [-0.2, 0) is 11.3 Å². The van der Waals surface area contributed by atoms with E-state index in [-0.39, 0.29) is 18.3 Å². The molecule has 0 aliphatic heterocycles. The standard InChI is InChI=1S/C25H27FN4O3/c1-16-17(2)30(20-9-7-19(26)8-10-20)25(22(16)13-27)28-24(31)15-29(3)14-18-6-11-21(32-4)12-23(18)33-5/h6-12H,14-15H2,1-5H3,(H,28,31). The second-order valence-corrected chi connectivity index (χ2v) is 7.76. The molecule has 3 aromatic rings. The number of aromatic nitrogens is 1. The van der Waals surface area contributed by atoms with Gasteiger partial charge in [0.15, 0.2) is 0 Å². The highest BCUT2D eigenvalue weighted by molar-refractivity contribution is 5.93. The van der Waals surface area contributed by atoms with Crippen molar-refractivity contribution < 1.29 is 18.7 Å². The Morgan fingerprint density at radius 3 is 2.45 bits per heavy atom. The highest BCUT2D eigenvalue weighted by atomic mass is 19.1. The van der Waals surface area contributed by atoms with Gasteiger partial charge in [0.1, 0.15) is 29.2 Å². The summed E-state index contributed by atoms with van der Waals surface area (Å²) in [5, 5.41) is 12.6. The van der Waals surface area contributed by atoms with Crippen molar-refractivity contribution in [3.05, 3.63) is 70.7 Å². The van der Waals surface area contributed by atoms with Crippen molar-refractivity contribution >= 4 is 11.7 Å². The van der Waals surface area contributed by atoms with Gasteiger partial charge in [-0.25, -0.2) is 4.39 Å². The molecule has 33 heavy (non-hydrogen) atoms. The van der Waals surface area contributed by atoms with E-state index in [2.05, 4.69) is 11.4 Å². The molecule has 8 heteroatoms. The van der Waals surface area contributed by atoms with Crippen molar-refractivity contribution in [3.8, 4) is 23.3 Å². The van der Waals surface area contributed by atoms with Crippen LogP contribution >= 0.6 is 0 Å². The van der Waals surface area contributed by atoms with Crippen LogP contribution in [0.15, 0.2) is 42.5 Å². The number of carbonyl (C=O) groups is 1. The van der Waals surface area contributed by atoms with Gasteiger partial charge in [0, 0.05) is 29.6 Å². The van der Waals surface area contributed by atoms with Gasteiger partial charge in [-0.1, -0.05) is 6.07 Å². The second kappa shape index (κ2) is 10.2. The van der Waals surface area contributed by atoms with Gasteiger partial charge >= 0.3 is 0 Å². The fourth-order valence-corrected chi connectivity index (χ4v) is 3.72. The lowest BCUT2D eigenvalue weighted by molar-refractivity contribution is -0.117. The van der Waals surface area contributed by atoms with Gasteiger partial charge in [-0.05, 0) is 56.8 Å². The van der Waals surface area contributed by atoms with E-state index in [1.165, 1.54) is 12.1 Å². The number of hydrogen-bond acceptors (Lipinski definition) is 5. The summed E-state index contributed by atoms with van der Waals surface area (Å²) in [5.74, 6) is 1.10. The van der Waals surface area contributed by atoms with E-state index in [9.17, 15) is 14.4 Å². The van der Waals surface area contributed by atoms with Crippen LogP contribution in [0.3, 0.4) is 0 Å². The van der Waals surface area contributed by atoms with Gasteiger partial charge in [-0.2, -0.15) is 5.26 Å². The summed E-state index contributed by atoms with van der Waals surface area (Å²) in [6.07, 6.45) is 0. The molecular formula is C25H27FN4O3. The van der Waals surface area contributed by atoms with Gasteiger partial charge in [-0.15, -0.1) is 0 Å². The number of ether oxygens (including phenoxy) is 2. The van der Waals surface area contributed by atoms with Crippen LogP contribution in [0.5, 0.6) is 11.5 Å². The van der Waals surface area contributed by atoms with E-state index in [4.69, 9.17) is 9.47 Å². The molecule has 172 valence electrons. The van der Waals surface area contributed by atoms with Crippen LogP contribution in [0, 0.1) is 31.0 Å². The number of carbonyl (C=O) groups excluding carboxylic acids is 1. The van der Waals surface area contributed by atoms with Crippen molar-refractivity contribution in [2.45, 2.75) is 20.4 Å². The predicted octanol–water partition coefficient (Wildman–Crippen LogP) is 4.19. The third-order valence-electron chi connectivity index (χ3n) is 5.52. The third kappa shape index (κ3) is 5.16. The Morgan fingerprint density at radius 1 is 1.15 bits per heavy atom. The number of halogens is 1. The zero-order chi connectivity index (χ0) is 24.1. The molecule has 0 bridgehead atoms. The fourth-order valence-electron chi connectivity index (χ4n) is 3.72. The van der Waals surface area contributed by atoms with Gasteiger partial charge < -0.3 is 14.8 Å². The van der Waals surface area contributed by atoms with Crippen LogP contribution in [-0.4, -0.2) is 43.2 Å². The summed E-state index contributed by atoms with van der Waals surface area (Å²) in [4.78, 5) is 14.8. The molecule has 3 rings (SSSR count). The summed E-state index contributed by atoms with van der Waals surface area (Å²) in [6, 6.07) is 13.6. The minimum absolute atomic E-state index is 0.0900. The monoisotopic (exact) mass is 450 g/mol. The number of amides is 1. The quantitative estimate of drug-likeness (QED) is 0.557. The van der Waals surface area contributed by atoms with Gasteiger partial charge in [0.25, 0.3) is 0 Å². The van der Waals surface area contributed by atoms with E-state index < -0.39 is 0 Å². The molecule has 7 nitrogen and oxygen atoms in total. The van der Waals surface area contributed by atoms with Crippen molar-refractivity contribution in [3.63, 3.8) is 0 Å². The molecule has 0 saturated heterocycles. The number of benzene rings is 2. The highest BCUT2D eigenvalue weighted by Gasteiger charge is 2.21. The first-order valence-corrected chi connectivity index (χ1v) is 10.4. The summed E-state index contributed by atoms with van der Waals surface area (Å²) in [7, 11) is 5.00. The minimum atomic E-state index is -0.359. The molecular weight excluding hydrogens is 423 g/mol. The van der Waals surface area contributed by atoms with Crippen LogP contribution in [0.2, 0.25) is 0 Å². The van der Waals surface area contributed by atoms with E-state index in [1.807, 2.05) is 37.9 Å². The number of methoxy groups -OCH3 is 2. The first kappa shape index (κ1) is 23.8. The number of anilines is 1. The van der Waals surface area contributed by atoms with Gasteiger partial charge in [0.05, 0.1) is 26.3 Å². The lowest BCUT2D eigenvalue weighted by Crippen LogP contribution is -2.30. The summed E-state index contributed by atoms with van der Waals surface area (Å²) >= 11 is 0. The molecule has 0 fully saturated rings. The van der Waals surface area contributed by atoms with Crippen LogP contribution in [0.25, 0.3) is 5.69 Å². The molecule has 0 spiro atoms. The molecule has 0 saturated carbocycles. The summed E-state index contributed by atoms with van der Waals surface area (Å²) in [5.41, 5.74) is 3.50. The maximum Gasteiger partial charge on any atom is 0.239 e. The Kier molecular flexibility index (Phi) is 7.36. The SMILES string of the molecule is COc1ccc(CN(C)CC(=O)Nc2c(C#N)c(C)c(C)n2-c2ccc(F)cc2)c(OC)c1. The Bertz CT molecular complexity index is 1200. The number of nitrogens with zero attached hydrogens (tertiary/aromatic N) is 3. The molecule has 1 N–H and O–H groups in total. The first-order chi connectivity index (χ1) is 15.8. The average Bonchev–Trinajstić information content (AvgIpc) is 3.03. The van der Waals surface area contributed by atoms with Crippen LogP contribution in [0.4, 0.5) is 10.2 Å². The molecule has 1 amide bonds. The predicted molar refractivity (Wildman–Crippen MR) is 124 cm³/mol. The Labute approximate surface area is 193 Å². The molecule has 1 heterocycles. The molecule has 1 aromatic heterocycles. The van der Waals surface area contributed by atoms with E-state index in [1.54, 1.807) is 37.0 Å². The van der Waals surface area contributed by atoms with Crippen LogP contribution < -0.4 is 14.8 Å². The van der Waals surface area contributed by atoms with Crippen molar-refractivity contribution in [2.24, 2.45) is 0 Å². The average molecular weight is 451 g/mol. The normalized spacial score (nSPS) is 10.7. The third-order valence-corrected chi connectivity index (χ3v) is 5.52. The zero-order valence-corrected chi connectivity index (χ0v) is 19.4. The largest absolute Gasteiger partial charge is 0.497 e. The maximum atomic E-state index is 13.4. The molecule has 0 unspecified atom stereocenters. The zero-order valence-electron chi connectivity index (χ0n) is 19.4. The highest BCUT2D eigenvalue weighted by Crippen LogP contribution is 2.30. The number of rotatable bonds is 8. The van der Waals surface area contributed by atoms with Gasteiger partial charge in [0.2, 0.25) is 5.91 Å². The van der Waals surface area contributed by atoms with Crippen molar-refractivity contribution in [1.29, 1.82) is 5.26 Å². The van der Waals surface area contributed by atoms with Crippen molar-refractivity contribution in [2.75, 3.05) is 33.1 Å². The summed E-state index contributed by atoms with van der Waals surface area (Å²) < 4.78 is 25.9. The number of nitriles is 1. The first-order valence-electron chi connectivity index (χ1n) is 10.4. The van der Waals surface area contributed by atoms with Crippen molar-refractivity contribution in [1.82, 2.24) is 9.47 Å². The van der Waals surface area contributed by atoms with E-state index in [0.717, 1.165) is 16.8 Å². The lowest BCUT2D eigenvalue weighted by atomic mass is 10.1. The smallest absolute Gasteiger partial charge is 0.239 e. The lowest BCUT2D eigenvalue weighted by Gasteiger charge is -2.19. The number of hydrogen-bond donors (Lipinski definition) is 1. The Balaban J connectivity index is 1.81. The molecule has 0 atom stereocenters. The maximum absolute atomic E-state index is 13.4. The fraction of sp³-hybridized carbons (Fsp3) is 0.280. The van der Waals surface area contributed by atoms with E-state index in [0.29, 0.717) is 35.1 Å². The number of nitrogens with one attached hydrogen (secondary N) is 1. The topological polar surface area (TPSA) is 79.5 Å². The number of likely N-dealkylation sites (N-methyl/N-ethyl adjacent to an activating group) is 1. The van der Waals surface area contributed by atoms with E-state index >= 15 is 0 Å². The Morgan fingerprint density at radius 2 is 1.85 bits per heavy atom. The molecule has 0 aliphatic rings. The summed E-state index contributed by atoms with van der Waals surface area (Å²) in [6.45, 7) is 4.25. The molecule has 0 radical (unpaired) electrons. The minimum Gasteiger partial charge on any atom is -0.497 e. The second-order valence-electron chi connectivity index (χ2n) is 7.76. The molecule has 0 aliphatic carbocycles.